The molecule has 0 radical (unpaired) electrons. The van der Waals surface area contributed by atoms with Crippen molar-refractivity contribution in [2.75, 3.05) is 16.8 Å². The molecule has 1 aromatic heterocycles. The quantitative estimate of drug-likeness (QED) is 0.842. The van der Waals surface area contributed by atoms with Gasteiger partial charge in [0.1, 0.15) is 16.8 Å². The maximum absolute atomic E-state index is 5.97. The van der Waals surface area contributed by atoms with E-state index in [0.717, 1.165) is 30.2 Å². The first kappa shape index (κ1) is 12.0. The van der Waals surface area contributed by atoms with Crippen LogP contribution in [0.15, 0.2) is 6.07 Å². The van der Waals surface area contributed by atoms with Crippen LogP contribution in [0.25, 0.3) is 0 Å². The van der Waals surface area contributed by atoms with Gasteiger partial charge >= 0.3 is 0 Å². The summed E-state index contributed by atoms with van der Waals surface area (Å²) in [5, 5.41) is 3.96. The van der Waals surface area contributed by atoms with Crippen LogP contribution in [0.2, 0.25) is 5.15 Å². The van der Waals surface area contributed by atoms with Crippen LogP contribution in [0.3, 0.4) is 0 Å². The summed E-state index contributed by atoms with van der Waals surface area (Å²) in [5.74, 6) is 4.10. The molecular formula is C11H16ClN3S. The summed E-state index contributed by atoms with van der Waals surface area (Å²) in [6.45, 7) is 2.12. The lowest BCUT2D eigenvalue weighted by Crippen LogP contribution is -2.19. The van der Waals surface area contributed by atoms with Gasteiger partial charge in [-0.15, -0.1) is 0 Å². The zero-order valence-corrected chi connectivity index (χ0v) is 10.9. The summed E-state index contributed by atoms with van der Waals surface area (Å²) in [6.07, 6.45) is 3.13. The molecule has 1 N–H and O–H groups in total. The topological polar surface area (TPSA) is 37.8 Å². The monoisotopic (exact) mass is 257 g/mol. The van der Waals surface area contributed by atoms with Crippen molar-refractivity contribution in [3.05, 3.63) is 17.0 Å². The van der Waals surface area contributed by atoms with Crippen molar-refractivity contribution in [2.45, 2.75) is 32.2 Å². The Morgan fingerprint density at radius 3 is 3.12 bits per heavy atom. The molecule has 3 nitrogen and oxygen atoms in total. The van der Waals surface area contributed by atoms with Gasteiger partial charge in [0.2, 0.25) is 0 Å². The van der Waals surface area contributed by atoms with Crippen molar-refractivity contribution in [1.82, 2.24) is 9.97 Å². The fourth-order valence-corrected chi connectivity index (χ4v) is 3.08. The van der Waals surface area contributed by atoms with Crippen LogP contribution in [0.5, 0.6) is 0 Å². The number of aromatic nitrogens is 2. The van der Waals surface area contributed by atoms with Gasteiger partial charge in [-0.05, 0) is 18.6 Å². The fraction of sp³-hybridized carbons (Fsp3) is 0.636. The molecule has 0 saturated carbocycles. The summed E-state index contributed by atoms with van der Waals surface area (Å²) in [5.41, 5.74) is 0. The Morgan fingerprint density at radius 1 is 1.56 bits per heavy atom. The van der Waals surface area contributed by atoms with Crippen molar-refractivity contribution in [3.63, 3.8) is 0 Å². The third kappa shape index (κ3) is 3.25. The van der Waals surface area contributed by atoms with Gasteiger partial charge in [0, 0.05) is 24.3 Å². The minimum atomic E-state index is 0.533. The van der Waals surface area contributed by atoms with E-state index >= 15 is 0 Å². The van der Waals surface area contributed by atoms with Gasteiger partial charge in [-0.1, -0.05) is 18.5 Å². The average molecular weight is 258 g/mol. The van der Waals surface area contributed by atoms with Crippen LogP contribution in [-0.2, 0) is 6.42 Å². The molecule has 0 aliphatic carbocycles. The first-order valence-corrected chi connectivity index (χ1v) is 7.19. The van der Waals surface area contributed by atoms with Crippen LogP contribution in [0.4, 0.5) is 5.82 Å². The number of nitrogens with zero attached hydrogens (tertiary/aromatic N) is 2. The number of thioether (sulfide) groups is 1. The molecule has 1 fully saturated rings. The Labute approximate surface area is 105 Å². The van der Waals surface area contributed by atoms with E-state index in [1.807, 2.05) is 17.8 Å². The minimum absolute atomic E-state index is 0.533. The smallest absolute Gasteiger partial charge is 0.134 e. The number of anilines is 1. The Morgan fingerprint density at radius 2 is 2.44 bits per heavy atom. The van der Waals surface area contributed by atoms with Gasteiger partial charge in [0.15, 0.2) is 0 Å². The molecule has 88 valence electrons. The van der Waals surface area contributed by atoms with Gasteiger partial charge in [0.05, 0.1) is 0 Å². The first-order valence-electron chi connectivity index (χ1n) is 5.65. The summed E-state index contributed by atoms with van der Waals surface area (Å²) in [4.78, 5) is 8.68. The Balaban J connectivity index is 2.06. The maximum Gasteiger partial charge on any atom is 0.134 e. The number of nitrogens with one attached hydrogen (secondary N) is 1. The SMILES string of the molecule is CCCc1nc(Cl)cc(NC2CCSC2)n1. The fourth-order valence-electron chi connectivity index (χ4n) is 1.73. The van der Waals surface area contributed by atoms with E-state index in [1.54, 1.807) is 0 Å². The zero-order valence-electron chi connectivity index (χ0n) is 9.37. The molecule has 5 heteroatoms. The molecule has 16 heavy (non-hydrogen) atoms. The maximum atomic E-state index is 5.97. The Hall–Kier alpha value is -0.480. The van der Waals surface area contributed by atoms with E-state index in [9.17, 15) is 0 Å². The van der Waals surface area contributed by atoms with E-state index < -0.39 is 0 Å². The van der Waals surface area contributed by atoms with E-state index in [2.05, 4.69) is 22.2 Å². The molecule has 0 aromatic carbocycles. The van der Waals surface area contributed by atoms with Crippen LogP contribution in [0, 0.1) is 0 Å². The van der Waals surface area contributed by atoms with Crippen molar-refractivity contribution in [1.29, 1.82) is 0 Å². The number of rotatable bonds is 4. The molecule has 0 spiro atoms. The van der Waals surface area contributed by atoms with E-state index in [0.29, 0.717) is 11.2 Å². The second-order valence-corrected chi connectivity index (χ2v) is 5.48. The Bertz CT molecular complexity index is 353. The highest BCUT2D eigenvalue weighted by molar-refractivity contribution is 7.99. The second kappa shape index (κ2) is 5.73. The first-order chi connectivity index (χ1) is 7.78. The molecule has 2 rings (SSSR count). The van der Waals surface area contributed by atoms with Crippen LogP contribution >= 0.6 is 23.4 Å². The lowest BCUT2D eigenvalue weighted by Gasteiger charge is -2.12. The summed E-state index contributed by atoms with van der Waals surface area (Å²) in [7, 11) is 0. The summed E-state index contributed by atoms with van der Waals surface area (Å²) >= 11 is 7.96. The Kier molecular flexibility index (Phi) is 4.29. The third-order valence-electron chi connectivity index (χ3n) is 2.50. The van der Waals surface area contributed by atoms with Gasteiger partial charge in [-0.3, -0.25) is 0 Å². The van der Waals surface area contributed by atoms with Crippen LogP contribution in [0.1, 0.15) is 25.6 Å². The van der Waals surface area contributed by atoms with E-state index in [4.69, 9.17) is 11.6 Å². The number of hydrogen-bond donors (Lipinski definition) is 1. The second-order valence-electron chi connectivity index (χ2n) is 3.95. The molecule has 0 bridgehead atoms. The van der Waals surface area contributed by atoms with Crippen molar-refractivity contribution >= 4 is 29.2 Å². The highest BCUT2D eigenvalue weighted by Crippen LogP contribution is 2.21. The predicted octanol–water partition coefficient (Wildman–Crippen LogP) is 3.00. The molecule has 1 atom stereocenters. The van der Waals surface area contributed by atoms with Crippen molar-refractivity contribution in [3.8, 4) is 0 Å². The molecule has 1 aliphatic heterocycles. The van der Waals surface area contributed by atoms with Crippen LogP contribution < -0.4 is 5.32 Å². The molecule has 1 unspecified atom stereocenters. The predicted molar refractivity (Wildman–Crippen MR) is 70.4 cm³/mol. The number of hydrogen-bond acceptors (Lipinski definition) is 4. The minimum Gasteiger partial charge on any atom is -0.366 e. The zero-order chi connectivity index (χ0) is 11.4. The van der Waals surface area contributed by atoms with Crippen molar-refractivity contribution < 1.29 is 0 Å². The lowest BCUT2D eigenvalue weighted by molar-refractivity contribution is 0.790. The van der Waals surface area contributed by atoms with E-state index in [1.165, 1.54) is 12.2 Å². The highest BCUT2D eigenvalue weighted by Gasteiger charge is 2.16. The number of halogens is 1. The van der Waals surface area contributed by atoms with Gasteiger partial charge < -0.3 is 5.32 Å². The standard InChI is InChI=1S/C11H16ClN3S/c1-2-3-10-14-9(12)6-11(15-10)13-8-4-5-16-7-8/h6,8H,2-5,7H2,1H3,(H,13,14,15). The van der Waals surface area contributed by atoms with Crippen LogP contribution in [-0.4, -0.2) is 27.5 Å². The third-order valence-corrected chi connectivity index (χ3v) is 3.85. The van der Waals surface area contributed by atoms with Crippen molar-refractivity contribution in [2.24, 2.45) is 0 Å². The van der Waals surface area contributed by atoms with Gasteiger partial charge in [-0.2, -0.15) is 11.8 Å². The average Bonchev–Trinajstić information content (AvgIpc) is 2.70. The molecule has 1 aromatic rings. The van der Waals surface area contributed by atoms with E-state index in [-0.39, 0.29) is 0 Å². The molecular weight excluding hydrogens is 242 g/mol. The van der Waals surface area contributed by atoms with Gasteiger partial charge in [0.25, 0.3) is 0 Å². The summed E-state index contributed by atoms with van der Waals surface area (Å²) < 4.78 is 0. The molecule has 1 aliphatic rings. The molecule has 0 amide bonds. The highest BCUT2D eigenvalue weighted by atomic mass is 35.5. The summed E-state index contributed by atoms with van der Waals surface area (Å²) in [6, 6.07) is 2.34. The largest absolute Gasteiger partial charge is 0.366 e. The molecule has 1 saturated heterocycles. The molecule has 2 heterocycles. The lowest BCUT2D eigenvalue weighted by atomic mass is 10.2. The number of aryl methyl sites for hydroxylation is 1. The van der Waals surface area contributed by atoms with Gasteiger partial charge in [-0.25, -0.2) is 9.97 Å². The normalized spacial score (nSPS) is 20.0.